The summed E-state index contributed by atoms with van der Waals surface area (Å²) in [5.74, 6) is 1.09. The van der Waals surface area contributed by atoms with E-state index >= 15 is 0 Å². The molecule has 6 heteroatoms. The van der Waals surface area contributed by atoms with Gasteiger partial charge in [-0.3, -0.25) is 4.79 Å². The van der Waals surface area contributed by atoms with E-state index in [0.717, 1.165) is 0 Å². The van der Waals surface area contributed by atoms with E-state index in [1.807, 2.05) is 26.0 Å². The minimum absolute atomic E-state index is 0.0776. The van der Waals surface area contributed by atoms with Crippen LogP contribution in [0.1, 0.15) is 19.4 Å². The molecule has 0 bridgehead atoms. The SMILES string of the molecule is COc1ccc(-c2oc3c4c(cc(OC)c3c(=O)c2O)OC(C)(C)C=C4)cc1. The van der Waals surface area contributed by atoms with E-state index in [9.17, 15) is 9.90 Å². The molecule has 1 aliphatic heterocycles. The third kappa shape index (κ3) is 2.78. The van der Waals surface area contributed by atoms with Crippen molar-refractivity contribution >= 4 is 17.0 Å². The summed E-state index contributed by atoms with van der Waals surface area (Å²) >= 11 is 0. The fourth-order valence-electron chi connectivity index (χ4n) is 3.26. The third-order valence-electron chi connectivity index (χ3n) is 4.70. The van der Waals surface area contributed by atoms with Crippen molar-refractivity contribution in [2.45, 2.75) is 19.4 Å². The molecule has 3 aromatic rings. The van der Waals surface area contributed by atoms with Gasteiger partial charge in [-0.2, -0.15) is 0 Å². The fraction of sp³-hybridized carbons (Fsp3) is 0.227. The number of rotatable bonds is 3. The Hall–Kier alpha value is -3.41. The zero-order chi connectivity index (χ0) is 20.1. The molecule has 0 radical (unpaired) electrons. The molecule has 0 fully saturated rings. The summed E-state index contributed by atoms with van der Waals surface area (Å²) in [4.78, 5) is 13.0. The van der Waals surface area contributed by atoms with Crippen LogP contribution in [-0.4, -0.2) is 24.9 Å². The predicted octanol–water partition coefficient (Wildman–Crippen LogP) is 4.37. The molecule has 0 spiro atoms. The van der Waals surface area contributed by atoms with Gasteiger partial charge >= 0.3 is 0 Å². The van der Waals surface area contributed by atoms with Crippen molar-refractivity contribution in [3.05, 3.63) is 52.2 Å². The van der Waals surface area contributed by atoms with Crippen LogP contribution in [-0.2, 0) is 0 Å². The minimum atomic E-state index is -0.565. The molecular formula is C22H20O6. The molecule has 1 aliphatic rings. The van der Waals surface area contributed by atoms with E-state index in [2.05, 4.69) is 0 Å². The van der Waals surface area contributed by atoms with E-state index in [0.29, 0.717) is 28.2 Å². The Kier molecular flexibility index (Phi) is 4.07. The highest BCUT2D eigenvalue weighted by Gasteiger charge is 2.28. The number of hydrogen-bond donors (Lipinski definition) is 1. The molecular weight excluding hydrogens is 360 g/mol. The highest BCUT2D eigenvalue weighted by atomic mass is 16.5. The van der Waals surface area contributed by atoms with E-state index in [1.165, 1.54) is 7.11 Å². The van der Waals surface area contributed by atoms with Gasteiger partial charge in [0.25, 0.3) is 0 Å². The van der Waals surface area contributed by atoms with Crippen molar-refractivity contribution < 1.29 is 23.7 Å². The molecule has 0 amide bonds. The molecule has 0 atom stereocenters. The van der Waals surface area contributed by atoms with Crippen LogP contribution >= 0.6 is 0 Å². The van der Waals surface area contributed by atoms with Gasteiger partial charge in [0.05, 0.1) is 19.8 Å². The molecule has 0 saturated carbocycles. The van der Waals surface area contributed by atoms with Crippen LogP contribution in [0.15, 0.2) is 45.6 Å². The van der Waals surface area contributed by atoms with Gasteiger partial charge in [0, 0.05) is 11.6 Å². The van der Waals surface area contributed by atoms with Crippen molar-refractivity contribution in [3.63, 3.8) is 0 Å². The number of hydrogen-bond acceptors (Lipinski definition) is 6. The zero-order valence-electron chi connectivity index (χ0n) is 16.0. The van der Waals surface area contributed by atoms with Gasteiger partial charge in [-0.25, -0.2) is 0 Å². The number of ether oxygens (including phenoxy) is 3. The van der Waals surface area contributed by atoms with Gasteiger partial charge < -0.3 is 23.7 Å². The summed E-state index contributed by atoms with van der Waals surface area (Å²) < 4.78 is 22.6. The summed E-state index contributed by atoms with van der Waals surface area (Å²) in [6.45, 7) is 3.86. The maximum atomic E-state index is 13.0. The molecule has 1 aromatic heterocycles. The molecule has 2 heterocycles. The Bertz CT molecular complexity index is 1150. The smallest absolute Gasteiger partial charge is 0.238 e. The lowest BCUT2D eigenvalue weighted by Gasteiger charge is -2.28. The lowest BCUT2D eigenvalue weighted by atomic mass is 9.99. The molecule has 6 nitrogen and oxygen atoms in total. The average Bonchev–Trinajstić information content (AvgIpc) is 2.68. The van der Waals surface area contributed by atoms with Crippen LogP contribution in [0.3, 0.4) is 0 Å². The van der Waals surface area contributed by atoms with Crippen LogP contribution in [0.2, 0.25) is 0 Å². The van der Waals surface area contributed by atoms with Crippen molar-refractivity contribution in [3.8, 4) is 34.3 Å². The van der Waals surface area contributed by atoms with Crippen molar-refractivity contribution in [1.82, 2.24) is 0 Å². The Labute approximate surface area is 161 Å². The van der Waals surface area contributed by atoms with E-state index in [1.54, 1.807) is 37.4 Å². The summed E-state index contributed by atoms with van der Waals surface area (Å²) in [7, 11) is 3.02. The first-order chi connectivity index (χ1) is 13.3. The second-order valence-corrected chi connectivity index (χ2v) is 7.07. The Morgan fingerprint density at radius 1 is 1.07 bits per heavy atom. The van der Waals surface area contributed by atoms with Crippen molar-refractivity contribution in [2.24, 2.45) is 0 Å². The first-order valence-electron chi connectivity index (χ1n) is 8.78. The second kappa shape index (κ2) is 6.34. The molecule has 28 heavy (non-hydrogen) atoms. The van der Waals surface area contributed by atoms with Gasteiger partial charge in [-0.1, -0.05) is 0 Å². The summed E-state index contributed by atoms with van der Waals surface area (Å²) in [6.07, 6.45) is 3.75. The molecule has 0 aliphatic carbocycles. The van der Waals surface area contributed by atoms with Crippen LogP contribution in [0.5, 0.6) is 23.0 Å². The first-order valence-corrected chi connectivity index (χ1v) is 8.78. The van der Waals surface area contributed by atoms with E-state index < -0.39 is 16.8 Å². The molecule has 144 valence electrons. The number of benzene rings is 2. The second-order valence-electron chi connectivity index (χ2n) is 7.07. The predicted molar refractivity (Wildman–Crippen MR) is 106 cm³/mol. The quantitative estimate of drug-likeness (QED) is 0.727. The van der Waals surface area contributed by atoms with Gasteiger partial charge in [-0.05, 0) is 50.3 Å². The Morgan fingerprint density at radius 3 is 2.43 bits per heavy atom. The maximum absolute atomic E-state index is 13.0. The topological polar surface area (TPSA) is 78.1 Å². The van der Waals surface area contributed by atoms with Crippen LogP contribution < -0.4 is 19.6 Å². The number of aromatic hydroxyl groups is 1. The van der Waals surface area contributed by atoms with Crippen molar-refractivity contribution in [1.29, 1.82) is 0 Å². The van der Waals surface area contributed by atoms with Gasteiger partial charge in [0.2, 0.25) is 11.2 Å². The normalized spacial score (nSPS) is 14.4. The lowest BCUT2D eigenvalue weighted by molar-refractivity contribution is 0.158. The third-order valence-corrected chi connectivity index (χ3v) is 4.70. The average molecular weight is 380 g/mol. The molecule has 2 aromatic carbocycles. The Balaban J connectivity index is 2.04. The van der Waals surface area contributed by atoms with E-state index in [-0.39, 0.29) is 16.9 Å². The Morgan fingerprint density at radius 2 is 1.79 bits per heavy atom. The lowest BCUT2D eigenvalue weighted by Crippen LogP contribution is -2.27. The molecule has 4 rings (SSSR count). The van der Waals surface area contributed by atoms with E-state index in [4.69, 9.17) is 18.6 Å². The maximum Gasteiger partial charge on any atom is 0.238 e. The van der Waals surface area contributed by atoms with Crippen LogP contribution in [0.25, 0.3) is 28.4 Å². The molecule has 1 N–H and O–H groups in total. The highest BCUT2D eigenvalue weighted by Crippen LogP contribution is 2.42. The summed E-state index contributed by atoms with van der Waals surface area (Å²) in [6, 6.07) is 8.53. The minimum Gasteiger partial charge on any atom is -0.502 e. The van der Waals surface area contributed by atoms with Crippen molar-refractivity contribution in [2.75, 3.05) is 14.2 Å². The molecule has 0 unspecified atom stereocenters. The molecule has 0 saturated heterocycles. The van der Waals surface area contributed by atoms with Crippen LogP contribution in [0.4, 0.5) is 0 Å². The monoisotopic (exact) mass is 380 g/mol. The zero-order valence-corrected chi connectivity index (χ0v) is 16.0. The van der Waals surface area contributed by atoms with Crippen LogP contribution in [0, 0.1) is 0 Å². The number of methoxy groups -OCH3 is 2. The van der Waals surface area contributed by atoms with Gasteiger partial charge in [-0.15, -0.1) is 0 Å². The fourth-order valence-corrected chi connectivity index (χ4v) is 3.26. The summed E-state index contributed by atoms with van der Waals surface area (Å²) in [5, 5.41) is 10.7. The highest BCUT2D eigenvalue weighted by molar-refractivity contribution is 5.95. The summed E-state index contributed by atoms with van der Waals surface area (Å²) in [5.41, 5.74) is 0.415. The number of fused-ring (bicyclic) bond motifs is 3. The van der Waals surface area contributed by atoms with Gasteiger partial charge in [0.15, 0.2) is 11.3 Å². The largest absolute Gasteiger partial charge is 0.502 e. The first kappa shape index (κ1) is 18.0. The standard InChI is InChI=1S/C22H20O6/c1-22(2)10-9-14-15(28-22)11-16(26-4)17-18(23)19(24)20(27-21(14)17)12-5-7-13(25-3)8-6-12/h5-11,24H,1-4H3. The van der Waals surface area contributed by atoms with Gasteiger partial charge in [0.1, 0.15) is 28.2 Å².